The Hall–Kier alpha value is 0.734. The van der Waals surface area contributed by atoms with Crippen LogP contribution < -0.4 is 0 Å². The van der Waals surface area contributed by atoms with Gasteiger partial charge in [-0.05, 0) is 74.0 Å². The van der Waals surface area contributed by atoms with Gasteiger partial charge in [-0.2, -0.15) is 0 Å². The lowest BCUT2D eigenvalue weighted by Crippen LogP contribution is -2.46. The van der Waals surface area contributed by atoms with Crippen molar-refractivity contribution >= 4 is 70.8 Å². The Labute approximate surface area is 241 Å². The Morgan fingerprint density at radius 1 is 0.595 bits per heavy atom. The maximum Gasteiger partial charge on any atom is 0.500 e. The average molecular weight is 639 g/mol. The number of carbonyl (C=O) groups excluding carboxylic acids is 2. The third-order valence-corrected chi connectivity index (χ3v) is 17.4. The molecule has 15 heteroatoms. The maximum atomic E-state index is 10.0. The molecule has 1 aliphatic heterocycles. The Balaban J connectivity index is 0.00000158. The van der Waals surface area contributed by atoms with E-state index in [4.69, 9.17) is 26.6 Å². The summed E-state index contributed by atoms with van der Waals surface area (Å²) in [7, 11) is 2.48. The van der Waals surface area contributed by atoms with Gasteiger partial charge >= 0.3 is 29.5 Å². The van der Waals surface area contributed by atoms with Crippen LogP contribution in [0.1, 0.15) is 67.2 Å². The summed E-state index contributed by atoms with van der Waals surface area (Å²) in [5, 5.41) is 0. The number of hydrogen-bond acceptors (Lipinski definition) is 13. The predicted molar refractivity (Wildman–Crippen MR) is 161 cm³/mol. The van der Waals surface area contributed by atoms with Crippen molar-refractivity contribution in [3.05, 3.63) is 0 Å². The van der Waals surface area contributed by atoms with Crippen LogP contribution in [0, 0.1) is 0 Å². The molecule has 1 fully saturated rings. The van der Waals surface area contributed by atoms with Gasteiger partial charge in [-0.25, -0.2) is 0 Å². The highest BCUT2D eigenvalue weighted by atomic mass is 33.7. The summed E-state index contributed by atoms with van der Waals surface area (Å²) in [6, 6.07) is 1.76. The molecule has 0 amide bonds. The zero-order chi connectivity index (χ0) is 27.8. The van der Waals surface area contributed by atoms with E-state index < -0.39 is 29.5 Å². The second kappa shape index (κ2) is 24.5. The number of esters is 2. The SMILES string of the molecule is CCO[Si](CCCSSSSCCC[Si](OCC)(OCC)OCC)(OCC)OCC.O=C1CCC(=O)O1. The first-order valence-corrected chi connectivity index (χ1v) is 22.0. The Morgan fingerprint density at radius 2 is 0.892 bits per heavy atom. The van der Waals surface area contributed by atoms with Crippen LogP contribution in [-0.2, 0) is 40.9 Å². The Bertz CT molecular complexity index is 512. The van der Waals surface area contributed by atoms with Crippen LogP contribution in [0.4, 0.5) is 0 Å². The van der Waals surface area contributed by atoms with E-state index in [2.05, 4.69) is 4.74 Å². The topological polar surface area (TPSA) is 98.8 Å². The molecule has 0 aliphatic carbocycles. The minimum Gasteiger partial charge on any atom is -0.393 e. The van der Waals surface area contributed by atoms with E-state index in [1.165, 1.54) is 0 Å². The van der Waals surface area contributed by atoms with Gasteiger partial charge in [0.2, 0.25) is 0 Å². The molecule has 220 valence electrons. The molecule has 0 spiro atoms. The summed E-state index contributed by atoms with van der Waals surface area (Å²) in [6.07, 6.45) is 2.61. The minimum absolute atomic E-state index is 0.263. The number of rotatable bonds is 23. The monoisotopic (exact) mass is 638 g/mol. The van der Waals surface area contributed by atoms with Crippen molar-refractivity contribution in [2.45, 2.75) is 79.3 Å². The molecule has 0 bridgehead atoms. The zero-order valence-corrected chi connectivity index (χ0v) is 28.5. The quantitative estimate of drug-likeness (QED) is 0.0407. The van der Waals surface area contributed by atoms with Crippen molar-refractivity contribution in [1.82, 2.24) is 0 Å². The number of cyclic esters (lactones) is 2. The molecule has 37 heavy (non-hydrogen) atoms. The Morgan fingerprint density at radius 3 is 1.11 bits per heavy atom. The first-order chi connectivity index (χ1) is 17.9. The third kappa shape index (κ3) is 18.7. The van der Waals surface area contributed by atoms with E-state index in [0.29, 0.717) is 39.6 Å². The van der Waals surface area contributed by atoms with Gasteiger partial charge in [0.25, 0.3) is 0 Å². The van der Waals surface area contributed by atoms with Crippen molar-refractivity contribution < 1.29 is 40.9 Å². The van der Waals surface area contributed by atoms with Gasteiger partial charge in [-0.15, -0.1) is 0 Å². The molecule has 1 aliphatic rings. The first kappa shape index (κ1) is 37.7. The lowest BCUT2D eigenvalue weighted by atomic mass is 10.4. The van der Waals surface area contributed by atoms with Crippen LogP contribution in [-0.4, -0.2) is 80.7 Å². The van der Waals surface area contributed by atoms with E-state index in [1.54, 1.807) is 0 Å². The summed E-state index contributed by atoms with van der Waals surface area (Å²) in [5.74, 6) is 1.33. The van der Waals surface area contributed by atoms with Crippen LogP contribution in [0.3, 0.4) is 0 Å². The molecular weight excluding hydrogens is 593 g/mol. The summed E-state index contributed by atoms with van der Waals surface area (Å²) < 4.78 is 39.5. The van der Waals surface area contributed by atoms with Crippen LogP contribution in [0.15, 0.2) is 0 Å². The molecule has 9 nitrogen and oxygen atoms in total. The largest absolute Gasteiger partial charge is 0.500 e. The lowest BCUT2D eigenvalue weighted by Gasteiger charge is -2.28. The molecule has 0 saturated carbocycles. The second-order valence-electron chi connectivity index (χ2n) is 7.30. The van der Waals surface area contributed by atoms with E-state index in [0.717, 1.165) is 36.4 Å². The van der Waals surface area contributed by atoms with Crippen LogP contribution in [0.25, 0.3) is 0 Å². The molecular formula is C22H46O9S4Si2. The van der Waals surface area contributed by atoms with Crippen LogP contribution in [0.5, 0.6) is 0 Å². The molecule has 0 aromatic rings. The van der Waals surface area contributed by atoms with Gasteiger partial charge in [0.05, 0.1) is 12.8 Å². The van der Waals surface area contributed by atoms with Crippen LogP contribution in [0.2, 0.25) is 12.1 Å². The fraction of sp³-hybridized carbons (Fsp3) is 0.909. The highest BCUT2D eigenvalue weighted by Crippen LogP contribution is 2.44. The van der Waals surface area contributed by atoms with Gasteiger partial charge in [0.1, 0.15) is 0 Å². The molecule has 1 heterocycles. The van der Waals surface area contributed by atoms with Crippen molar-refractivity contribution in [2.24, 2.45) is 0 Å². The van der Waals surface area contributed by atoms with Crippen molar-refractivity contribution in [3.8, 4) is 0 Å². The molecule has 1 saturated heterocycles. The number of ether oxygens (including phenoxy) is 1. The number of carbonyl (C=O) groups is 2. The normalized spacial score (nSPS) is 14.0. The predicted octanol–water partition coefficient (Wildman–Crippen LogP) is 6.39. The molecule has 1 rings (SSSR count). The van der Waals surface area contributed by atoms with Gasteiger partial charge in [0, 0.05) is 63.2 Å². The molecule has 0 aromatic heterocycles. The van der Waals surface area contributed by atoms with E-state index >= 15 is 0 Å². The lowest BCUT2D eigenvalue weighted by molar-refractivity contribution is -0.151. The standard InChI is InChI=1S/C18H42O6S4Si2.C4H4O3/c1-7-19-29(20-8-2,21-9-3)17-13-15-25-27-28-26-16-14-18-30(22-10-4,23-11-5)24-12-6;5-3-1-2-4(6)7-3/h7-18H2,1-6H3;1-2H2. The van der Waals surface area contributed by atoms with Crippen molar-refractivity contribution in [3.63, 3.8) is 0 Å². The minimum atomic E-state index is -2.49. The number of hydrogen-bond donors (Lipinski definition) is 0. The maximum absolute atomic E-state index is 10.0. The van der Waals surface area contributed by atoms with Crippen molar-refractivity contribution in [1.29, 1.82) is 0 Å². The van der Waals surface area contributed by atoms with Gasteiger partial charge in [0.15, 0.2) is 0 Å². The van der Waals surface area contributed by atoms with Crippen LogP contribution >= 0.6 is 41.2 Å². The van der Waals surface area contributed by atoms with Crippen molar-refractivity contribution in [2.75, 3.05) is 51.1 Å². The smallest absolute Gasteiger partial charge is 0.393 e. The third-order valence-electron chi connectivity index (χ3n) is 4.49. The molecule has 0 aromatic carbocycles. The molecule has 0 N–H and O–H groups in total. The molecule has 0 unspecified atom stereocenters. The summed E-state index contributed by atoms with van der Waals surface area (Å²) >= 11 is 0. The molecule has 0 atom stereocenters. The molecule has 0 radical (unpaired) electrons. The summed E-state index contributed by atoms with van der Waals surface area (Å²) in [4.78, 5) is 20.0. The van der Waals surface area contributed by atoms with E-state index in [-0.39, 0.29) is 12.8 Å². The summed E-state index contributed by atoms with van der Waals surface area (Å²) in [5.41, 5.74) is 0. The average Bonchev–Trinajstić information content (AvgIpc) is 3.24. The van der Waals surface area contributed by atoms with E-state index in [1.807, 2.05) is 82.8 Å². The fourth-order valence-corrected chi connectivity index (χ4v) is 15.1. The van der Waals surface area contributed by atoms with Gasteiger partial charge in [-0.1, -0.05) is 21.6 Å². The summed E-state index contributed by atoms with van der Waals surface area (Å²) in [6.45, 7) is 15.8. The fourth-order valence-electron chi connectivity index (χ4n) is 3.24. The van der Waals surface area contributed by atoms with Gasteiger partial charge in [-0.3, -0.25) is 9.59 Å². The van der Waals surface area contributed by atoms with Gasteiger partial charge < -0.3 is 31.3 Å². The first-order valence-electron chi connectivity index (χ1n) is 13.0. The second-order valence-corrected chi connectivity index (χ2v) is 19.0. The zero-order valence-electron chi connectivity index (χ0n) is 23.2. The Kier molecular flexibility index (Phi) is 25.0. The van der Waals surface area contributed by atoms with E-state index in [9.17, 15) is 9.59 Å². The highest BCUT2D eigenvalue weighted by Gasteiger charge is 2.40. The highest BCUT2D eigenvalue weighted by molar-refractivity contribution is 9.26.